The van der Waals surface area contributed by atoms with E-state index in [1.54, 1.807) is 0 Å². The van der Waals surface area contributed by atoms with Gasteiger partial charge in [-0.15, -0.1) is 0 Å². The molecule has 29 heavy (non-hydrogen) atoms. The number of carbonyl (C=O) groups is 1. The minimum atomic E-state index is -0.492. The Kier molecular flexibility index (Phi) is 5.26. The second kappa shape index (κ2) is 8.00. The quantitative estimate of drug-likeness (QED) is 0.369. The van der Waals surface area contributed by atoms with Crippen LogP contribution in [0.5, 0.6) is 11.5 Å². The molecule has 3 aromatic rings. The molecule has 1 aliphatic rings. The topological polar surface area (TPSA) is 117 Å². The third kappa shape index (κ3) is 4.27. The van der Waals surface area contributed by atoms with Gasteiger partial charge in [-0.25, -0.2) is 4.98 Å². The zero-order valence-corrected chi connectivity index (χ0v) is 16.2. The van der Waals surface area contributed by atoms with Crippen LogP contribution in [0.4, 0.5) is 5.69 Å². The molecule has 4 rings (SSSR count). The van der Waals surface area contributed by atoms with E-state index in [1.165, 1.54) is 18.2 Å². The van der Waals surface area contributed by atoms with Gasteiger partial charge in [0.1, 0.15) is 18.7 Å². The second-order valence-electron chi connectivity index (χ2n) is 6.37. The third-order valence-electron chi connectivity index (χ3n) is 4.33. The lowest BCUT2D eigenvalue weighted by Gasteiger charge is -2.21. The summed E-state index contributed by atoms with van der Waals surface area (Å²) in [6.45, 7) is 2.91. The molecule has 10 heteroatoms. The smallest absolute Gasteiger partial charge is 0.271 e. The number of rotatable bonds is 6. The fraction of sp³-hybridized carbons (Fsp3) is 0.263. The number of nitro groups is 1. The number of ether oxygens (including phenoxy) is 2. The standard InChI is InChI=1S/C19H17N3O6S/c1-11(12-2-4-16-17(8-12)27-7-6-26-16)20-18(23)10-29-19-21-14-9-13(22(24)25)3-5-15(14)28-19/h2-5,8-9,11H,6-7,10H2,1H3,(H,20,23)/t11-/m1/s1. The van der Waals surface area contributed by atoms with E-state index in [4.69, 9.17) is 13.9 Å². The first kappa shape index (κ1) is 19.1. The van der Waals surface area contributed by atoms with Gasteiger partial charge in [-0.2, -0.15) is 0 Å². The van der Waals surface area contributed by atoms with Crippen molar-refractivity contribution in [2.45, 2.75) is 18.2 Å². The average molecular weight is 415 g/mol. The van der Waals surface area contributed by atoms with E-state index < -0.39 is 4.92 Å². The summed E-state index contributed by atoms with van der Waals surface area (Å²) in [6, 6.07) is 9.55. The van der Waals surface area contributed by atoms with E-state index in [-0.39, 0.29) is 28.6 Å². The van der Waals surface area contributed by atoms with Crippen LogP contribution in [-0.4, -0.2) is 34.8 Å². The van der Waals surface area contributed by atoms with Gasteiger partial charge in [0, 0.05) is 12.1 Å². The van der Waals surface area contributed by atoms with Crippen molar-refractivity contribution in [2.24, 2.45) is 0 Å². The maximum absolute atomic E-state index is 12.3. The molecular formula is C19H17N3O6S. The van der Waals surface area contributed by atoms with Gasteiger partial charge < -0.3 is 19.2 Å². The zero-order chi connectivity index (χ0) is 20.4. The maximum Gasteiger partial charge on any atom is 0.271 e. The molecule has 2 heterocycles. The van der Waals surface area contributed by atoms with Crippen molar-refractivity contribution in [3.05, 3.63) is 52.1 Å². The first-order chi connectivity index (χ1) is 14.0. The largest absolute Gasteiger partial charge is 0.486 e. The molecule has 0 saturated heterocycles. The summed E-state index contributed by atoms with van der Waals surface area (Å²) >= 11 is 1.12. The third-order valence-corrected chi connectivity index (χ3v) is 5.16. The molecule has 0 bridgehead atoms. The van der Waals surface area contributed by atoms with Crippen LogP contribution < -0.4 is 14.8 Å². The van der Waals surface area contributed by atoms with Gasteiger partial charge in [0.15, 0.2) is 17.1 Å². The lowest BCUT2D eigenvalue weighted by Crippen LogP contribution is -2.28. The summed E-state index contributed by atoms with van der Waals surface area (Å²) in [7, 11) is 0. The summed E-state index contributed by atoms with van der Waals surface area (Å²) < 4.78 is 16.6. The number of hydrogen-bond acceptors (Lipinski definition) is 8. The van der Waals surface area contributed by atoms with Gasteiger partial charge in [-0.05, 0) is 30.7 Å². The normalized spacial score (nSPS) is 13.8. The van der Waals surface area contributed by atoms with Crippen molar-refractivity contribution in [1.82, 2.24) is 10.3 Å². The number of benzene rings is 2. The Morgan fingerprint density at radius 3 is 2.83 bits per heavy atom. The Balaban J connectivity index is 1.36. The fourth-order valence-corrected chi connectivity index (χ4v) is 3.54. The van der Waals surface area contributed by atoms with Gasteiger partial charge in [-0.1, -0.05) is 17.8 Å². The summed E-state index contributed by atoms with van der Waals surface area (Å²) in [5.74, 6) is 1.28. The van der Waals surface area contributed by atoms with E-state index in [9.17, 15) is 14.9 Å². The summed E-state index contributed by atoms with van der Waals surface area (Å²) in [5, 5.41) is 14.0. The van der Waals surface area contributed by atoms with Crippen molar-refractivity contribution >= 4 is 34.5 Å². The minimum absolute atomic E-state index is 0.0617. The monoisotopic (exact) mass is 415 g/mol. The highest BCUT2D eigenvalue weighted by molar-refractivity contribution is 7.99. The Bertz CT molecular complexity index is 1080. The van der Waals surface area contributed by atoms with Gasteiger partial charge >= 0.3 is 0 Å². The average Bonchev–Trinajstić information content (AvgIpc) is 3.14. The van der Waals surface area contributed by atoms with Gasteiger partial charge in [-0.3, -0.25) is 14.9 Å². The van der Waals surface area contributed by atoms with E-state index in [1.807, 2.05) is 25.1 Å². The highest BCUT2D eigenvalue weighted by atomic mass is 32.2. The molecule has 1 atom stereocenters. The molecule has 1 amide bonds. The number of carbonyl (C=O) groups excluding carboxylic acids is 1. The molecule has 0 aliphatic carbocycles. The lowest BCUT2D eigenvalue weighted by molar-refractivity contribution is -0.384. The predicted octanol–water partition coefficient (Wildman–Crippen LogP) is 3.48. The molecule has 9 nitrogen and oxygen atoms in total. The molecule has 0 spiro atoms. The highest BCUT2D eigenvalue weighted by Crippen LogP contribution is 2.32. The molecule has 0 radical (unpaired) electrons. The number of amides is 1. The van der Waals surface area contributed by atoms with Gasteiger partial charge in [0.2, 0.25) is 5.91 Å². The first-order valence-electron chi connectivity index (χ1n) is 8.86. The number of nitro benzene ring substituents is 1. The van der Waals surface area contributed by atoms with Crippen LogP contribution in [0.15, 0.2) is 46.0 Å². The van der Waals surface area contributed by atoms with Crippen molar-refractivity contribution in [3.63, 3.8) is 0 Å². The van der Waals surface area contributed by atoms with E-state index in [0.717, 1.165) is 17.3 Å². The molecular weight excluding hydrogens is 398 g/mol. The molecule has 0 unspecified atom stereocenters. The van der Waals surface area contributed by atoms with E-state index in [0.29, 0.717) is 35.8 Å². The molecule has 0 fully saturated rings. The molecule has 2 aromatic carbocycles. The van der Waals surface area contributed by atoms with Crippen molar-refractivity contribution in [1.29, 1.82) is 0 Å². The Morgan fingerprint density at radius 2 is 2.03 bits per heavy atom. The van der Waals surface area contributed by atoms with Gasteiger partial charge in [0.25, 0.3) is 10.9 Å². The first-order valence-corrected chi connectivity index (χ1v) is 9.85. The van der Waals surface area contributed by atoms with Crippen LogP contribution in [0.3, 0.4) is 0 Å². The van der Waals surface area contributed by atoms with Crippen LogP contribution in [0, 0.1) is 10.1 Å². The Hall–Kier alpha value is -3.27. The number of hydrogen-bond donors (Lipinski definition) is 1. The summed E-state index contributed by atoms with van der Waals surface area (Å²) in [6.07, 6.45) is 0. The van der Waals surface area contributed by atoms with Crippen LogP contribution >= 0.6 is 11.8 Å². The van der Waals surface area contributed by atoms with Crippen molar-refractivity contribution < 1.29 is 23.6 Å². The van der Waals surface area contributed by atoms with E-state index in [2.05, 4.69) is 10.3 Å². The molecule has 1 N–H and O–H groups in total. The number of nitrogens with zero attached hydrogens (tertiary/aromatic N) is 2. The van der Waals surface area contributed by atoms with Gasteiger partial charge in [0.05, 0.1) is 16.7 Å². The zero-order valence-electron chi connectivity index (χ0n) is 15.4. The van der Waals surface area contributed by atoms with Crippen molar-refractivity contribution in [3.8, 4) is 11.5 Å². The molecule has 0 saturated carbocycles. The Labute approximate surface area is 169 Å². The van der Waals surface area contributed by atoms with Crippen LogP contribution in [0.1, 0.15) is 18.5 Å². The Morgan fingerprint density at radius 1 is 1.24 bits per heavy atom. The number of non-ortho nitro benzene ring substituents is 1. The molecule has 1 aromatic heterocycles. The number of oxazole rings is 1. The SMILES string of the molecule is C[C@@H](NC(=O)CSc1nc2cc([N+](=O)[O-])ccc2o1)c1ccc2c(c1)OCCO2. The predicted molar refractivity (Wildman–Crippen MR) is 105 cm³/mol. The number of thioether (sulfide) groups is 1. The van der Waals surface area contributed by atoms with Crippen LogP contribution in [0.25, 0.3) is 11.1 Å². The van der Waals surface area contributed by atoms with Crippen molar-refractivity contribution in [2.75, 3.05) is 19.0 Å². The number of fused-ring (bicyclic) bond motifs is 2. The minimum Gasteiger partial charge on any atom is -0.486 e. The van der Waals surface area contributed by atoms with Crippen LogP contribution in [0.2, 0.25) is 0 Å². The van der Waals surface area contributed by atoms with Crippen LogP contribution in [-0.2, 0) is 4.79 Å². The maximum atomic E-state index is 12.3. The fourth-order valence-electron chi connectivity index (χ4n) is 2.89. The summed E-state index contributed by atoms with van der Waals surface area (Å²) in [4.78, 5) is 26.8. The molecule has 1 aliphatic heterocycles. The lowest BCUT2D eigenvalue weighted by atomic mass is 10.1. The number of nitrogens with one attached hydrogen (secondary N) is 1. The summed E-state index contributed by atoms with van der Waals surface area (Å²) in [5.41, 5.74) is 1.66. The van der Waals surface area contributed by atoms with E-state index >= 15 is 0 Å². The molecule has 150 valence electrons. The second-order valence-corrected chi connectivity index (χ2v) is 7.30. The number of aromatic nitrogens is 1. The highest BCUT2D eigenvalue weighted by Gasteiger charge is 2.17.